The number of rotatable bonds is 3. The third-order valence-corrected chi connectivity index (χ3v) is 3.23. The number of allylic oxidation sites excluding steroid dienone is 1. The molecule has 1 unspecified atom stereocenters. The average Bonchev–Trinajstić information content (AvgIpc) is 2.12. The fourth-order valence-corrected chi connectivity index (χ4v) is 2.26. The van der Waals surface area contributed by atoms with E-state index in [0.29, 0.717) is 24.9 Å². The van der Waals surface area contributed by atoms with Gasteiger partial charge >= 0.3 is 0 Å². The van der Waals surface area contributed by atoms with Crippen LogP contribution >= 0.6 is 0 Å². The lowest BCUT2D eigenvalue weighted by molar-refractivity contribution is 0.0142. The Hall–Kier alpha value is -0.440. The molecular formula is C11H17F2N. The fraction of sp³-hybridized carbons (Fsp3) is 0.818. The molecule has 14 heavy (non-hydrogen) atoms. The van der Waals surface area contributed by atoms with Crippen LogP contribution in [0.15, 0.2) is 12.2 Å². The van der Waals surface area contributed by atoms with Gasteiger partial charge in [-0.1, -0.05) is 12.2 Å². The van der Waals surface area contributed by atoms with E-state index >= 15 is 0 Å². The molecular weight excluding hydrogens is 184 g/mol. The molecule has 2 rings (SSSR count). The Kier molecular flexibility index (Phi) is 3.16. The predicted molar refractivity (Wildman–Crippen MR) is 52.4 cm³/mol. The third-order valence-electron chi connectivity index (χ3n) is 3.23. The second-order valence-corrected chi connectivity index (χ2v) is 4.40. The molecule has 0 radical (unpaired) electrons. The van der Waals surface area contributed by atoms with Gasteiger partial charge in [0.1, 0.15) is 0 Å². The van der Waals surface area contributed by atoms with Gasteiger partial charge in [0.25, 0.3) is 0 Å². The van der Waals surface area contributed by atoms with Crippen molar-refractivity contribution in [3.05, 3.63) is 12.2 Å². The molecule has 1 nitrogen and oxygen atoms in total. The van der Waals surface area contributed by atoms with Gasteiger partial charge in [-0.15, -0.1) is 0 Å². The van der Waals surface area contributed by atoms with Gasteiger partial charge < -0.3 is 5.32 Å². The molecule has 80 valence electrons. The Morgan fingerprint density at radius 1 is 1.29 bits per heavy atom. The molecule has 0 bridgehead atoms. The smallest absolute Gasteiger partial charge is 0.241 e. The number of alkyl halides is 2. The van der Waals surface area contributed by atoms with Gasteiger partial charge in [0.2, 0.25) is 6.43 Å². The summed E-state index contributed by atoms with van der Waals surface area (Å²) in [5.41, 5.74) is 0. The van der Waals surface area contributed by atoms with Crippen LogP contribution in [-0.4, -0.2) is 18.5 Å². The van der Waals surface area contributed by atoms with E-state index < -0.39 is 6.43 Å². The topological polar surface area (TPSA) is 12.0 Å². The number of hydrogen-bond acceptors (Lipinski definition) is 1. The maximum absolute atomic E-state index is 12.2. The summed E-state index contributed by atoms with van der Waals surface area (Å²) < 4.78 is 24.4. The molecule has 3 heteroatoms. The van der Waals surface area contributed by atoms with Crippen LogP contribution in [0.25, 0.3) is 0 Å². The molecule has 1 saturated carbocycles. The normalized spacial score (nSPS) is 37.2. The Morgan fingerprint density at radius 2 is 2.07 bits per heavy atom. The minimum atomic E-state index is -2.12. The Balaban J connectivity index is 1.68. The largest absolute Gasteiger partial charge is 0.308 e. The first-order valence-corrected chi connectivity index (χ1v) is 5.46. The molecule has 0 heterocycles. The molecule has 0 aliphatic heterocycles. The van der Waals surface area contributed by atoms with Crippen LogP contribution in [0.3, 0.4) is 0 Å². The van der Waals surface area contributed by atoms with Crippen molar-refractivity contribution < 1.29 is 8.78 Å². The highest BCUT2D eigenvalue weighted by Crippen LogP contribution is 2.33. The Labute approximate surface area is 83.6 Å². The minimum Gasteiger partial charge on any atom is -0.308 e. The van der Waals surface area contributed by atoms with E-state index in [1.54, 1.807) is 0 Å². The van der Waals surface area contributed by atoms with Crippen molar-refractivity contribution >= 4 is 0 Å². The molecule has 1 atom stereocenters. The first-order valence-electron chi connectivity index (χ1n) is 5.46. The van der Waals surface area contributed by atoms with Crippen molar-refractivity contribution in [2.45, 2.75) is 50.6 Å². The fourth-order valence-electron chi connectivity index (χ4n) is 2.26. The Bertz CT molecular complexity index is 209. The molecule has 1 N–H and O–H groups in total. The van der Waals surface area contributed by atoms with Crippen molar-refractivity contribution in [1.29, 1.82) is 0 Å². The van der Waals surface area contributed by atoms with E-state index in [1.807, 2.05) is 0 Å². The van der Waals surface area contributed by atoms with Gasteiger partial charge in [0.05, 0.1) is 0 Å². The first-order chi connectivity index (χ1) is 6.75. The van der Waals surface area contributed by atoms with Gasteiger partial charge in [0.15, 0.2) is 0 Å². The van der Waals surface area contributed by atoms with Crippen molar-refractivity contribution in [3.63, 3.8) is 0 Å². The van der Waals surface area contributed by atoms with Crippen molar-refractivity contribution in [1.82, 2.24) is 5.32 Å². The molecule has 0 saturated heterocycles. The monoisotopic (exact) mass is 201 g/mol. The zero-order valence-electron chi connectivity index (χ0n) is 8.26. The molecule has 0 aromatic rings. The molecule has 2 aliphatic carbocycles. The van der Waals surface area contributed by atoms with E-state index in [-0.39, 0.29) is 5.92 Å². The highest BCUT2D eigenvalue weighted by molar-refractivity contribution is 5.00. The van der Waals surface area contributed by atoms with Crippen LogP contribution in [0.2, 0.25) is 0 Å². The van der Waals surface area contributed by atoms with Gasteiger partial charge in [-0.05, 0) is 32.1 Å². The highest BCUT2D eigenvalue weighted by Gasteiger charge is 2.36. The summed E-state index contributed by atoms with van der Waals surface area (Å²) >= 11 is 0. The van der Waals surface area contributed by atoms with Crippen LogP contribution < -0.4 is 5.32 Å². The highest BCUT2D eigenvalue weighted by atomic mass is 19.3. The molecule has 0 amide bonds. The maximum Gasteiger partial charge on any atom is 0.241 e. The number of nitrogens with one attached hydrogen (secondary N) is 1. The van der Waals surface area contributed by atoms with Gasteiger partial charge in [-0.2, -0.15) is 0 Å². The van der Waals surface area contributed by atoms with Gasteiger partial charge in [-0.3, -0.25) is 0 Å². The van der Waals surface area contributed by atoms with Crippen molar-refractivity contribution in [2.24, 2.45) is 5.92 Å². The number of hydrogen-bond donors (Lipinski definition) is 1. The van der Waals surface area contributed by atoms with Crippen LogP contribution in [-0.2, 0) is 0 Å². The lowest BCUT2D eigenvalue weighted by Gasteiger charge is -2.37. The summed E-state index contributed by atoms with van der Waals surface area (Å²) in [6, 6.07) is 0.772. The summed E-state index contributed by atoms with van der Waals surface area (Å²) in [5, 5.41) is 3.42. The summed E-state index contributed by atoms with van der Waals surface area (Å²) in [6.07, 6.45) is 7.11. The summed E-state index contributed by atoms with van der Waals surface area (Å²) in [4.78, 5) is 0. The zero-order valence-corrected chi connectivity index (χ0v) is 8.26. The number of halogens is 2. The lowest BCUT2D eigenvalue weighted by Crippen LogP contribution is -2.47. The SMILES string of the molecule is FC(F)C1CC(NC2C=CCCC2)C1. The lowest BCUT2D eigenvalue weighted by atomic mass is 9.80. The molecule has 0 aromatic carbocycles. The third kappa shape index (κ3) is 2.32. The van der Waals surface area contributed by atoms with E-state index in [4.69, 9.17) is 0 Å². The minimum absolute atomic E-state index is 0.335. The van der Waals surface area contributed by atoms with E-state index in [0.717, 1.165) is 6.42 Å². The van der Waals surface area contributed by atoms with Crippen LogP contribution in [0.5, 0.6) is 0 Å². The zero-order chi connectivity index (χ0) is 9.97. The van der Waals surface area contributed by atoms with E-state index in [9.17, 15) is 8.78 Å². The molecule has 1 fully saturated rings. The van der Waals surface area contributed by atoms with Gasteiger partial charge in [0, 0.05) is 18.0 Å². The molecule has 0 spiro atoms. The average molecular weight is 201 g/mol. The van der Waals surface area contributed by atoms with Crippen LogP contribution in [0.4, 0.5) is 8.78 Å². The molecule has 2 aliphatic rings. The van der Waals surface area contributed by atoms with Crippen LogP contribution in [0.1, 0.15) is 32.1 Å². The first kappa shape index (κ1) is 10.1. The predicted octanol–water partition coefficient (Wildman–Crippen LogP) is 2.73. The summed E-state index contributed by atoms with van der Waals surface area (Å²) in [7, 11) is 0. The Morgan fingerprint density at radius 3 is 2.64 bits per heavy atom. The standard InChI is InChI=1S/C11H17F2N/c12-11(13)8-6-10(7-8)14-9-4-2-1-3-5-9/h2,4,8-11,14H,1,3,5-7H2. The quantitative estimate of drug-likeness (QED) is 0.692. The van der Waals surface area contributed by atoms with E-state index in [1.165, 1.54) is 12.8 Å². The molecule has 0 aromatic heterocycles. The summed E-state index contributed by atoms with van der Waals surface area (Å²) in [6.45, 7) is 0. The second-order valence-electron chi connectivity index (χ2n) is 4.40. The van der Waals surface area contributed by atoms with Gasteiger partial charge in [-0.25, -0.2) is 8.78 Å². The van der Waals surface area contributed by atoms with Crippen molar-refractivity contribution in [2.75, 3.05) is 0 Å². The van der Waals surface area contributed by atoms with Crippen molar-refractivity contribution in [3.8, 4) is 0 Å². The van der Waals surface area contributed by atoms with Crippen LogP contribution in [0, 0.1) is 5.92 Å². The second kappa shape index (κ2) is 4.39. The summed E-state index contributed by atoms with van der Waals surface area (Å²) in [5.74, 6) is -0.347. The maximum atomic E-state index is 12.2. The van der Waals surface area contributed by atoms with E-state index in [2.05, 4.69) is 17.5 Å².